The second-order valence-electron chi connectivity index (χ2n) is 8.58. The molecule has 0 aliphatic carbocycles. The molecule has 0 atom stereocenters. The van der Waals surface area contributed by atoms with Gasteiger partial charge in [-0.15, -0.1) is 13.2 Å². The van der Waals surface area contributed by atoms with E-state index in [4.69, 9.17) is 0 Å². The number of aromatic nitrogens is 5. The van der Waals surface area contributed by atoms with Crippen LogP contribution in [0.4, 0.5) is 23.7 Å². The Labute approximate surface area is 233 Å². The third kappa shape index (κ3) is 9.86. The van der Waals surface area contributed by atoms with Crippen molar-refractivity contribution in [2.45, 2.75) is 44.9 Å². The van der Waals surface area contributed by atoms with Crippen LogP contribution >= 0.6 is 0 Å². The number of anilines is 2. The van der Waals surface area contributed by atoms with Gasteiger partial charge in [-0.05, 0) is 17.7 Å². The molecule has 4 aromatic rings. The number of benzene rings is 1. The van der Waals surface area contributed by atoms with Crippen LogP contribution in [0.25, 0.3) is 0 Å². The first kappa shape index (κ1) is 28.8. The first-order valence-electron chi connectivity index (χ1n) is 12.2. The van der Waals surface area contributed by atoms with Crippen molar-refractivity contribution in [1.29, 1.82) is 0 Å². The molecule has 2 N–H and O–H groups in total. The minimum atomic E-state index is -4.80. The summed E-state index contributed by atoms with van der Waals surface area (Å²) in [6.07, 6.45) is 0.0260. The molecule has 40 heavy (non-hydrogen) atoms. The normalized spacial score (nSPS) is 11.2. The van der Waals surface area contributed by atoms with E-state index >= 15 is 0 Å². The summed E-state index contributed by atoms with van der Waals surface area (Å²) in [6.45, 7) is 0. The molecule has 3 heterocycles. The summed E-state index contributed by atoms with van der Waals surface area (Å²) < 4.78 is 42.6. The Morgan fingerprint density at radius 3 is 2.40 bits per heavy atom. The van der Waals surface area contributed by atoms with Gasteiger partial charge in [0.05, 0.1) is 0 Å². The van der Waals surface area contributed by atoms with Crippen LogP contribution in [0.1, 0.15) is 34.4 Å². The Morgan fingerprint density at radius 1 is 0.825 bits per heavy atom. The van der Waals surface area contributed by atoms with E-state index in [1.165, 1.54) is 12.1 Å². The fourth-order valence-corrected chi connectivity index (χ4v) is 5.28. The fraction of sp³-hybridized carbons (Fsp3) is 0.269. The van der Waals surface area contributed by atoms with Crippen molar-refractivity contribution < 1.29 is 27.5 Å². The number of carbonyl (C=O) groups excluding carboxylic acids is 2. The van der Waals surface area contributed by atoms with Crippen LogP contribution in [-0.2, 0) is 35.3 Å². The average Bonchev–Trinajstić information content (AvgIpc) is 3.34. The number of pyridine rings is 1. The Morgan fingerprint density at radius 2 is 1.65 bits per heavy atom. The molecule has 0 bridgehead atoms. The van der Waals surface area contributed by atoms with Crippen molar-refractivity contribution in [2.75, 3.05) is 10.6 Å². The number of alkyl halides is 3. The van der Waals surface area contributed by atoms with Crippen molar-refractivity contribution in [3.63, 3.8) is 0 Å². The van der Waals surface area contributed by atoms with Gasteiger partial charge in [0.25, 0.3) is 0 Å². The van der Waals surface area contributed by atoms with Gasteiger partial charge in [-0.2, -0.15) is 0 Å². The second-order valence-corrected chi connectivity index (χ2v) is 10.8. The van der Waals surface area contributed by atoms with Crippen LogP contribution in [0.5, 0.6) is 5.75 Å². The van der Waals surface area contributed by atoms with Gasteiger partial charge in [-0.1, -0.05) is 12.1 Å². The molecular formula is C26H24F3N7O3Se. The summed E-state index contributed by atoms with van der Waals surface area (Å²) in [6, 6.07) is 14.0. The van der Waals surface area contributed by atoms with Crippen molar-refractivity contribution in [3.8, 4) is 5.75 Å². The molecule has 0 saturated heterocycles. The van der Waals surface area contributed by atoms with Crippen molar-refractivity contribution in [2.24, 2.45) is 0 Å². The van der Waals surface area contributed by atoms with E-state index in [-0.39, 0.29) is 44.8 Å². The van der Waals surface area contributed by atoms with Gasteiger partial charge in [-0.3, -0.25) is 0 Å². The Kier molecular flexibility index (Phi) is 9.92. The molecule has 0 aliphatic heterocycles. The molecule has 208 valence electrons. The zero-order chi connectivity index (χ0) is 28.4. The standard InChI is InChI=1S/C26H24F3N7O3Se/c27-26(28,29)39-20-9-5-6-17(14-20)15-22(37)31-21-12-11-18(33-34-21)7-1-2-10-24-35-36-25(40-24)32-23(38)16-19-8-3-4-13-30-19/h3-6,8-9,11-14H,1-2,7,10,15-16H2,(H,31,34,37)(H,32,36,38). The van der Waals surface area contributed by atoms with Crippen LogP contribution in [0.3, 0.4) is 0 Å². The Bertz CT molecular complexity index is 1420. The molecule has 1 aromatic carbocycles. The molecule has 3 aromatic heterocycles. The summed E-state index contributed by atoms with van der Waals surface area (Å²) >= 11 is -0.119. The number of nitrogens with one attached hydrogen (secondary N) is 2. The maximum absolute atomic E-state index is 12.4. The van der Waals surface area contributed by atoms with E-state index in [1.807, 2.05) is 6.07 Å². The second kappa shape index (κ2) is 13.8. The summed E-state index contributed by atoms with van der Waals surface area (Å²) in [5, 5.41) is 21.8. The molecular weight excluding hydrogens is 594 g/mol. The first-order chi connectivity index (χ1) is 19.2. The number of rotatable bonds is 12. The van der Waals surface area contributed by atoms with Gasteiger partial charge >= 0.3 is 180 Å². The van der Waals surface area contributed by atoms with E-state index in [0.717, 1.165) is 41.7 Å². The molecule has 0 spiro atoms. The van der Waals surface area contributed by atoms with Gasteiger partial charge < -0.3 is 4.74 Å². The predicted molar refractivity (Wildman–Crippen MR) is 140 cm³/mol. The van der Waals surface area contributed by atoms with Crippen molar-refractivity contribution in [1.82, 2.24) is 25.4 Å². The zero-order valence-electron chi connectivity index (χ0n) is 21.0. The van der Waals surface area contributed by atoms with E-state index < -0.39 is 12.3 Å². The molecule has 10 nitrogen and oxygen atoms in total. The topological polar surface area (TPSA) is 132 Å². The first-order valence-corrected chi connectivity index (χ1v) is 13.9. The number of carbonyl (C=O) groups is 2. The van der Waals surface area contributed by atoms with E-state index in [1.54, 1.807) is 30.5 Å². The number of ether oxygens (including phenoxy) is 1. The van der Waals surface area contributed by atoms with Crippen LogP contribution in [0.2, 0.25) is 0 Å². The zero-order valence-corrected chi connectivity index (χ0v) is 22.7. The van der Waals surface area contributed by atoms with E-state index in [0.29, 0.717) is 22.4 Å². The van der Waals surface area contributed by atoms with Gasteiger partial charge in [-0.25, -0.2) is 0 Å². The molecule has 2 amide bonds. The van der Waals surface area contributed by atoms with E-state index in [9.17, 15) is 22.8 Å². The minimum absolute atomic E-state index is 0.119. The van der Waals surface area contributed by atoms with Crippen LogP contribution < -0.4 is 15.4 Å². The number of unbranched alkanes of at least 4 members (excludes halogenated alkanes) is 1. The van der Waals surface area contributed by atoms with Crippen LogP contribution in [-0.4, -0.2) is 58.1 Å². The number of nitrogens with zero attached hydrogens (tertiary/aromatic N) is 5. The van der Waals surface area contributed by atoms with Gasteiger partial charge in [0.15, 0.2) is 0 Å². The SMILES string of the molecule is O=C(Cc1cccc(OC(F)(F)F)c1)Nc1ccc(CCCCc2nnc(NC(=O)Cc3ccccn3)[se]2)nn1. The summed E-state index contributed by atoms with van der Waals surface area (Å²) in [5.74, 6) is -0.757. The summed E-state index contributed by atoms with van der Waals surface area (Å²) in [5.41, 5.74) is 1.81. The number of hydrogen-bond acceptors (Lipinski definition) is 8. The third-order valence-electron chi connectivity index (χ3n) is 5.34. The average molecular weight is 618 g/mol. The Balaban J connectivity index is 1.15. The molecule has 4 rings (SSSR count). The molecule has 0 saturated carbocycles. The number of amides is 2. The van der Waals surface area contributed by atoms with Crippen molar-refractivity contribution >= 4 is 36.8 Å². The predicted octanol–water partition coefficient (Wildman–Crippen LogP) is 3.55. The van der Waals surface area contributed by atoms with Crippen LogP contribution in [0.15, 0.2) is 60.8 Å². The van der Waals surface area contributed by atoms with Crippen LogP contribution in [0, 0.1) is 0 Å². The number of hydrogen-bond donors (Lipinski definition) is 2. The quantitative estimate of drug-likeness (QED) is 0.182. The Hall–Kier alpha value is -4.16. The van der Waals surface area contributed by atoms with Crippen molar-refractivity contribution in [3.05, 3.63) is 82.3 Å². The summed E-state index contributed by atoms with van der Waals surface area (Å²) in [4.78, 5) is 28.6. The van der Waals surface area contributed by atoms with Gasteiger partial charge in [0, 0.05) is 0 Å². The number of aryl methyl sites for hydroxylation is 2. The maximum atomic E-state index is 12.4. The molecule has 0 aliphatic rings. The van der Waals surface area contributed by atoms with Gasteiger partial charge in [0.2, 0.25) is 0 Å². The monoisotopic (exact) mass is 619 g/mol. The molecule has 0 unspecified atom stereocenters. The van der Waals surface area contributed by atoms with E-state index in [2.05, 4.69) is 40.7 Å². The molecule has 0 radical (unpaired) electrons. The summed E-state index contributed by atoms with van der Waals surface area (Å²) in [7, 11) is 0. The number of halogens is 3. The van der Waals surface area contributed by atoms with Gasteiger partial charge in [0.1, 0.15) is 5.75 Å². The fourth-order valence-electron chi connectivity index (χ4n) is 3.60. The molecule has 0 fully saturated rings. The molecule has 14 heteroatoms. The third-order valence-corrected chi connectivity index (χ3v) is 7.22.